The van der Waals surface area contributed by atoms with Crippen molar-refractivity contribution in [1.29, 1.82) is 0 Å². The van der Waals surface area contributed by atoms with Gasteiger partial charge >= 0.3 is 0 Å². The smallest absolute Gasteiger partial charge is 0.0551 e. The first-order valence-electron chi connectivity index (χ1n) is 4.58. The first-order chi connectivity index (χ1) is 6.14. The molecular formula is C11H16ClN. The summed E-state index contributed by atoms with van der Waals surface area (Å²) < 4.78 is 0. The Morgan fingerprint density at radius 2 is 2.00 bits per heavy atom. The van der Waals surface area contributed by atoms with Gasteiger partial charge in [-0.15, -0.1) is 0 Å². The highest BCUT2D eigenvalue weighted by atomic mass is 35.5. The normalized spacial score (nSPS) is 15.4. The molecule has 72 valence electrons. The second-order valence-electron chi connectivity index (χ2n) is 3.60. The van der Waals surface area contributed by atoms with E-state index in [0.717, 1.165) is 6.42 Å². The summed E-state index contributed by atoms with van der Waals surface area (Å²) in [7, 11) is 0. The average Bonchev–Trinajstić information content (AvgIpc) is 2.17. The van der Waals surface area contributed by atoms with Crippen LogP contribution in [0.1, 0.15) is 31.4 Å². The molecule has 0 spiro atoms. The minimum absolute atomic E-state index is 0.118. The molecule has 2 heteroatoms. The van der Waals surface area contributed by atoms with Crippen molar-refractivity contribution in [2.45, 2.75) is 32.7 Å². The molecule has 0 heterocycles. The predicted molar refractivity (Wildman–Crippen MR) is 57.8 cm³/mol. The molecule has 1 atom stereocenters. The molecule has 0 radical (unpaired) electrons. The fourth-order valence-electron chi connectivity index (χ4n) is 1.50. The lowest BCUT2D eigenvalue weighted by Crippen LogP contribution is -2.33. The number of hydrogen-bond acceptors (Lipinski definition) is 1. The maximum Gasteiger partial charge on any atom is 0.0551 e. The fraction of sp³-hybridized carbons (Fsp3) is 0.455. The van der Waals surface area contributed by atoms with E-state index in [9.17, 15) is 0 Å². The van der Waals surface area contributed by atoms with Gasteiger partial charge in [0.05, 0.1) is 5.54 Å². The molecule has 1 rings (SSSR count). The SMILES string of the molecule is CCC(C)(NCl)c1ccccc1C. The quantitative estimate of drug-likeness (QED) is 0.733. The van der Waals surface area contributed by atoms with Gasteiger partial charge in [0.1, 0.15) is 0 Å². The topological polar surface area (TPSA) is 12.0 Å². The lowest BCUT2D eigenvalue weighted by molar-refractivity contribution is 0.431. The van der Waals surface area contributed by atoms with Crippen molar-refractivity contribution in [3.05, 3.63) is 35.4 Å². The van der Waals surface area contributed by atoms with Gasteiger partial charge in [-0.1, -0.05) is 31.2 Å². The summed E-state index contributed by atoms with van der Waals surface area (Å²) in [4.78, 5) is 2.86. The van der Waals surface area contributed by atoms with Crippen LogP contribution < -0.4 is 4.84 Å². The van der Waals surface area contributed by atoms with Crippen LogP contribution in [0.3, 0.4) is 0 Å². The molecule has 1 unspecified atom stereocenters. The molecule has 0 bridgehead atoms. The summed E-state index contributed by atoms with van der Waals surface area (Å²) in [6.07, 6.45) is 0.974. The van der Waals surface area contributed by atoms with Crippen LogP contribution >= 0.6 is 11.8 Å². The van der Waals surface area contributed by atoms with Crippen molar-refractivity contribution in [2.75, 3.05) is 0 Å². The molecule has 0 aromatic heterocycles. The van der Waals surface area contributed by atoms with Crippen LogP contribution in [-0.2, 0) is 5.54 Å². The van der Waals surface area contributed by atoms with Gasteiger partial charge in [0.15, 0.2) is 0 Å². The molecule has 0 aliphatic rings. The van der Waals surface area contributed by atoms with Crippen molar-refractivity contribution in [3.63, 3.8) is 0 Å². The van der Waals surface area contributed by atoms with E-state index in [1.54, 1.807) is 0 Å². The lowest BCUT2D eigenvalue weighted by atomic mass is 9.87. The number of nitrogens with one attached hydrogen (secondary N) is 1. The third-order valence-corrected chi connectivity index (χ3v) is 3.07. The maximum atomic E-state index is 5.77. The van der Waals surface area contributed by atoms with E-state index in [4.69, 9.17) is 11.8 Å². The Hall–Kier alpha value is -0.530. The molecule has 1 aromatic carbocycles. The molecule has 0 aliphatic heterocycles. The highest BCUT2D eigenvalue weighted by Gasteiger charge is 2.24. The van der Waals surface area contributed by atoms with Gasteiger partial charge in [-0.3, -0.25) is 0 Å². The predicted octanol–water partition coefficient (Wildman–Crippen LogP) is 3.36. The van der Waals surface area contributed by atoms with Crippen molar-refractivity contribution in [1.82, 2.24) is 4.84 Å². The first-order valence-corrected chi connectivity index (χ1v) is 4.95. The third-order valence-electron chi connectivity index (χ3n) is 2.66. The van der Waals surface area contributed by atoms with Crippen LogP contribution in [-0.4, -0.2) is 0 Å². The Balaban J connectivity index is 3.12. The Bertz CT molecular complexity index is 279. The van der Waals surface area contributed by atoms with Gasteiger partial charge in [-0.2, -0.15) is 0 Å². The molecule has 13 heavy (non-hydrogen) atoms. The van der Waals surface area contributed by atoms with Gasteiger partial charge in [0, 0.05) is 0 Å². The molecule has 0 aliphatic carbocycles. The Morgan fingerprint density at radius 3 is 2.46 bits per heavy atom. The van der Waals surface area contributed by atoms with Crippen molar-refractivity contribution < 1.29 is 0 Å². The highest BCUT2D eigenvalue weighted by Crippen LogP contribution is 2.27. The number of halogens is 1. The molecular weight excluding hydrogens is 182 g/mol. The summed E-state index contributed by atoms with van der Waals surface area (Å²) in [6.45, 7) is 6.35. The monoisotopic (exact) mass is 197 g/mol. The van der Waals surface area contributed by atoms with E-state index >= 15 is 0 Å². The highest BCUT2D eigenvalue weighted by molar-refractivity contribution is 6.13. The second kappa shape index (κ2) is 4.12. The molecule has 0 saturated carbocycles. The third kappa shape index (κ3) is 2.04. The van der Waals surface area contributed by atoms with Crippen LogP contribution in [0, 0.1) is 6.92 Å². The zero-order chi connectivity index (χ0) is 9.90. The minimum atomic E-state index is -0.118. The summed E-state index contributed by atoms with van der Waals surface area (Å²) in [5.74, 6) is 0. The minimum Gasteiger partial charge on any atom is -0.223 e. The van der Waals surface area contributed by atoms with Crippen molar-refractivity contribution in [2.24, 2.45) is 0 Å². The first kappa shape index (κ1) is 10.6. The Labute approximate surface area is 85.2 Å². The molecule has 1 N–H and O–H groups in total. The van der Waals surface area contributed by atoms with Crippen LogP contribution in [0.5, 0.6) is 0 Å². The van der Waals surface area contributed by atoms with Gasteiger partial charge in [-0.05, 0) is 43.2 Å². The lowest BCUT2D eigenvalue weighted by Gasteiger charge is -2.28. The van der Waals surface area contributed by atoms with Gasteiger partial charge in [-0.25, -0.2) is 4.84 Å². The molecule has 0 saturated heterocycles. The molecule has 0 fully saturated rings. The number of hydrogen-bond donors (Lipinski definition) is 1. The summed E-state index contributed by atoms with van der Waals surface area (Å²) in [6, 6.07) is 8.32. The molecule has 1 nitrogen and oxygen atoms in total. The van der Waals surface area contributed by atoms with Crippen molar-refractivity contribution >= 4 is 11.8 Å². The molecule has 0 amide bonds. The van der Waals surface area contributed by atoms with Crippen LogP contribution in [0.25, 0.3) is 0 Å². The number of rotatable bonds is 3. The van der Waals surface area contributed by atoms with Gasteiger partial charge < -0.3 is 0 Å². The Morgan fingerprint density at radius 1 is 1.38 bits per heavy atom. The zero-order valence-electron chi connectivity index (χ0n) is 8.39. The fourth-order valence-corrected chi connectivity index (χ4v) is 1.74. The summed E-state index contributed by atoms with van der Waals surface area (Å²) in [5.41, 5.74) is 2.43. The van der Waals surface area contributed by atoms with Crippen LogP contribution in [0.4, 0.5) is 0 Å². The average molecular weight is 198 g/mol. The summed E-state index contributed by atoms with van der Waals surface area (Å²) in [5, 5.41) is 0. The Kier molecular flexibility index (Phi) is 3.34. The van der Waals surface area contributed by atoms with E-state index < -0.39 is 0 Å². The number of aryl methyl sites for hydroxylation is 1. The maximum absolute atomic E-state index is 5.77. The van der Waals surface area contributed by atoms with E-state index in [0.29, 0.717) is 0 Å². The van der Waals surface area contributed by atoms with E-state index in [-0.39, 0.29) is 5.54 Å². The van der Waals surface area contributed by atoms with Crippen molar-refractivity contribution in [3.8, 4) is 0 Å². The largest absolute Gasteiger partial charge is 0.223 e. The van der Waals surface area contributed by atoms with E-state index in [2.05, 4.69) is 37.7 Å². The van der Waals surface area contributed by atoms with E-state index in [1.807, 2.05) is 12.1 Å². The van der Waals surface area contributed by atoms with E-state index in [1.165, 1.54) is 11.1 Å². The zero-order valence-corrected chi connectivity index (χ0v) is 9.15. The van der Waals surface area contributed by atoms with Gasteiger partial charge in [0.2, 0.25) is 0 Å². The summed E-state index contributed by atoms with van der Waals surface area (Å²) >= 11 is 5.77. The van der Waals surface area contributed by atoms with Gasteiger partial charge in [0.25, 0.3) is 0 Å². The molecule has 1 aromatic rings. The number of benzene rings is 1. The van der Waals surface area contributed by atoms with Crippen LogP contribution in [0.15, 0.2) is 24.3 Å². The van der Waals surface area contributed by atoms with Crippen LogP contribution in [0.2, 0.25) is 0 Å². The standard InChI is InChI=1S/C11H16ClN/c1-4-11(3,13-12)10-8-6-5-7-9(10)2/h5-8,13H,4H2,1-3H3. The second-order valence-corrected chi connectivity index (χ2v) is 3.78.